The molecule has 1 aliphatic heterocycles. The van der Waals surface area contributed by atoms with E-state index in [9.17, 15) is 26.3 Å². The van der Waals surface area contributed by atoms with E-state index in [1.807, 2.05) is 0 Å². The Kier molecular flexibility index (Phi) is 6.60. The van der Waals surface area contributed by atoms with Gasteiger partial charge in [0.05, 0.1) is 17.2 Å². The number of nitrogens with zero attached hydrogens (tertiary/aromatic N) is 1. The largest absolute Gasteiger partial charge is 0.417 e. The smallest absolute Gasteiger partial charge is 0.302 e. The van der Waals surface area contributed by atoms with Crippen LogP contribution in [0.5, 0.6) is 0 Å². The number of alkyl halides is 6. The van der Waals surface area contributed by atoms with Gasteiger partial charge in [-0.15, -0.1) is 11.8 Å². The van der Waals surface area contributed by atoms with Crippen molar-refractivity contribution >= 4 is 23.4 Å². The van der Waals surface area contributed by atoms with Crippen LogP contribution in [0.1, 0.15) is 29.0 Å². The molecule has 1 fully saturated rings. The SMILES string of the molecule is N#Cc1ccc(C2CC(CSc3ccc(Cl)cc3)NC2C(F)(F)F)cc1C(F)(F)F. The van der Waals surface area contributed by atoms with Gasteiger partial charge in [-0.1, -0.05) is 17.7 Å². The number of hydrogen-bond donors (Lipinski definition) is 1. The highest BCUT2D eigenvalue weighted by Crippen LogP contribution is 2.42. The molecule has 3 rings (SSSR count). The maximum atomic E-state index is 13.6. The summed E-state index contributed by atoms with van der Waals surface area (Å²) in [6.45, 7) is 0. The zero-order chi connectivity index (χ0) is 22.1. The summed E-state index contributed by atoms with van der Waals surface area (Å²) in [5, 5.41) is 12.0. The maximum absolute atomic E-state index is 13.6. The molecular formula is C20H15ClF6N2S. The van der Waals surface area contributed by atoms with Gasteiger partial charge < -0.3 is 5.32 Å². The van der Waals surface area contributed by atoms with Crippen LogP contribution >= 0.6 is 23.4 Å². The van der Waals surface area contributed by atoms with Crippen molar-refractivity contribution in [1.29, 1.82) is 5.26 Å². The normalized spacial score (nSPS) is 22.1. The van der Waals surface area contributed by atoms with Gasteiger partial charge in [0.15, 0.2) is 0 Å². The van der Waals surface area contributed by atoms with Crippen LogP contribution in [0.25, 0.3) is 0 Å². The number of hydrogen-bond acceptors (Lipinski definition) is 3. The van der Waals surface area contributed by atoms with E-state index in [1.165, 1.54) is 23.9 Å². The van der Waals surface area contributed by atoms with Gasteiger partial charge in [0.1, 0.15) is 6.04 Å². The van der Waals surface area contributed by atoms with Crippen LogP contribution in [0.15, 0.2) is 47.4 Å². The Hall–Kier alpha value is -1.89. The lowest BCUT2D eigenvalue weighted by Crippen LogP contribution is -2.43. The van der Waals surface area contributed by atoms with Gasteiger partial charge in [0.25, 0.3) is 0 Å². The minimum atomic E-state index is -4.83. The van der Waals surface area contributed by atoms with Crippen molar-refractivity contribution < 1.29 is 26.3 Å². The first kappa shape index (κ1) is 22.8. The summed E-state index contributed by atoms with van der Waals surface area (Å²) < 4.78 is 80.5. The second kappa shape index (κ2) is 8.69. The fourth-order valence-electron chi connectivity index (χ4n) is 3.50. The number of nitriles is 1. The molecule has 2 aromatic carbocycles. The first-order valence-electron chi connectivity index (χ1n) is 8.81. The lowest BCUT2D eigenvalue weighted by Gasteiger charge is -2.23. The number of nitrogens with one attached hydrogen (secondary N) is 1. The molecule has 1 saturated heterocycles. The summed E-state index contributed by atoms with van der Waals surface area (Å²) >= 11 is 7.15. The van der Waals surface area contributed by atoms with Crippen LogP contribution in [0.3, 0.4) is 0 Å². The van der Waals surface area contributed by atoms with Crippen molar-refractivity contribution in [2.45, 2.75) is 41.7 Å². The molecule has 3 unspecified atom stereocenters. The third kappa shape index (κ3) is 5.23. The summed E-state index contributed by atoms with van der Waals surface area (Å²) in [5.41, 5.74) is -1.92. The van der Waals surface area contributed by atoms with Gasteiger partial charge in [-0.2, -0.15) is 31.6 Å². The van der Waals surface area contributed by atoms with Crippen LogP contribution in [0.4, 0.5) is 26.3 Å². The van der Waals surface area contributed by atoms with E-state index in [0.717, 1.165) is 11.0 Å². The van der Waals surface area contributed by atoms with E-state index in [2.05, 4.69) is 5.32 Å². The Morgan fingerprint density at radius 3 is 2.30 bits per heavy atom. The van der Waals surface area contributed by atoms with Crippen molar-refractivity contribution in [1.82, 2.24) is 5.32 Å². The summed E-state index contributed by atoms with van der Waals surface area (Å²) in [6.07, 6.45) is -9.44. The molecule has 1 heterocycles. The molecule has 0 aliphatic carbocycles. The Labute approximate surface area is 178 Å². The Morgan fingerprint density at radius 1 is 1.07 bits per heavy atom. The number of halogens is 7. The third-order valence-electron chi connectivity index (χ3n) is 4.87. The zero-order valence-corrected chi connectivity index (χ0v) is 16.8. The average Bonchev–Trinajstić information content (AvgIpc) is 3.11. The molecule has 0 bridgehead atoms. The molecule has 2 nitrogen and oxygen atoms in total. The lowest BCUT2D eigenvalue weighted by molar-refractivity contribution is -0.155. The maximum Gasteiger partial charge on any atom is 0.417 e. The van der Waals surface area contributed by atoms with E-state index in [4.69, 9.17) is 16.9 Å². The highest BCUT2D eigenvalue weighted by molar-refractivity contribution is 7.99. The second-order valence-electron chi connectivity index (χ2n) is 6.90. The molecule has 10 heteroatoms. The van der Waals surface area contributed by atoms with Crippen molar-refractivity contribution in [3.05, 3.63) is 64.2 Å². The molecule has 2 aromatic rings. The fourth-order valence-corrected chi connectivity index (χ4v) is 4.58. The molecule has 1 aliphatic rings. The first-order valence-corrected chi connectivity index (χ1v) is 10.2. The minimum absolute atomic E-state index is 0.0218. The van der Waals surface area contributed by atoms with E-state index in [-0.39, 0.29) is 12.0 Å². The van der Waals surface area contributed by atoms with Crippen LogP contribution < -0.4 is 5.32 Å². The average molecular weight is 465 g/mol. The molecular weight excluding hydrogens is 450 g/mol. The molecule has 0 radical (unpaired) electrons. The van der Waals surface area contributed by atoms with Crippen LogP contribution in [-0.2, 0) is 6.18 Å². The highest BCUT2D eigenvalue weighted by atomic mass is 35.5. The monoisotopic (exact) mass is 464 g/mol. The standard InChI is InChI=1S/C20H15ClF6N2S/c21-13-3-5-15(6-4-13)30-10-14-8-16(18(29-14)20(25,26)27)11-1-2-12(9-28)17(7-11)19(22,23)24/h1-7,14,16,18,29H,8,10H2. The van der Waals surface area contributed by atoms with Crippen molar-refractivity contribution in [2.24, 2.45) is 0 Å². The molecule has 0 saturated carbocycles. The quantitative estimate of drug-likeness (QED) is 0.420. The van der Waals surface area contributed by atoms with E-state index < -0.39 is 41.5 Å². The van der Waals surface area contributed by atoms with Gasteiger partial charge in [-0.3, -0.25) is 0 Å². The molecule has 0 spiro atoms. The zero-order valence-electron chi connectivity index (χ0n) is 15.2. The van der Waals surface area contributed by atoms with Gasteiger partial charge in [-0.05, 0) is 48.4 Å². The van der Waals surface area contributed by atoms with Crippen LogP contribution in [-0.4, -0.2) is 24.0 Å². The topological polar surface area (TPSA) is 35.8 Å². The van der Waals surface area contributed by atoms with Crippen LogP contribution in [0.2, 0.25) is 5.02 Å². The molecule has 0 amide bonds. The highest BCUT2D eigenvalue weighted by Gasteiger charge is 2.50. The predicted molar refractivity (Wildman–Crippen MR) is 102 cm³/mol. The number of benzene rings is 2. The van der Waals surface area contributed by atoms with Gasteiger partial charge in [-0.25, -0.2) is 0 Å². The van der Waals surface area contributed by atoms with Crippen molar-refractivity contribution in [3.8, 4) is 6.07 Å². The van der Waals surface area contributed by atoms with Gasteiger partial charge in [0.2, 0.25) is 0 Å². The van der Waals surface area contributed by atoms with Crippen molar-refractivity contribution in [3.63, 3.8) is 0 Å². The predicted octanol–water partition coefficient (Wildman–Crippen LogP) is 6.40. The van der Waals surface area contributed by atoms with Crippen molar-refractivity contribution in [2.75, 3.05) is 5.75 Å². The Morgan fingerprint density at radius 2 is 1.73 bits per heavy atom. The lowest BCUT2D eigenvalue weighted by atomic mass is 9.88. The number of rotatable bonds is 4. The van der Waals surface area contributed by atoms with E-state index in [1.54, 1.807) is 24.3 Å². The summed E-state index contributed by atoms with van der Waals surface area (Å²) in [7, 11) is 0. The van der Waals surface area contributed by atoms with Gasteiger partial charge >= 0.3 is 12.4 Å². The van der Waals surface area contributed by atoms with Gasteiger partial charge in [0, 0.05) is 27.6 Å². The molecule has 30 heavy (non-hydrogen) atoms. The Bertz CT molecular complexity index is 936. The summed E-state index contributed by atoms with van der Waals surface area (Å²) in [4.78, 5) is 0.825. The van der Waals surface area contributed by atoms with E-state index in [0.29, 0.717) is 16.8 Å². The van der Waals surface area contributed by atoms with E-state index >= 15 is 0 Å². The Balaban J connectivity index is 1.84. The summed E-state index contributed by atoms with van der Waals surface area (Å²) in [5.74, 6) is -0.873. The van der Waals surface area contributed by atoms with Crippen LogP contribution in [0, 0.1) is 11.3 Å². The first-order chi connectivity index (χ1) is 14.0. The summed E-state index contributed by atoms with van der Waals surface area (Å²) in [6, 6.07) is 8.53. The minimum Gasteiger partial charge on any atom is -0.302 e. The molecule has 0 aromatic heterocycles. The second-order valence-corrected chi connectivity index (χ2v) is 8.43. The molecule has 1 N–H and O–H groups in total. The fraction of sp³-hybridized carbons (Fsp3) is 0.350. The molecule has 3 atom stereocenters. The molecule has 160 valence electrons. The third-order valence-corrected chi connectivity index (χ3v) is 6.30. The number of thioether (sulfide) groups is 1.